The number of amides is 1. The first-order chi connectivity index (χ1) is 7.08. The molecule has 1 amide bonds. The number of aromatic nitrogens is 1. The number of rotatable bonds is 5. The second-order valence-corrected chi connectivity index (χ2v) is 3.74. The molecule has 0 aliphatic carbocycles. The fourth-order valence-corrected chi connectivity index (χ4v) is 1.10. The van der Waals surface area contributed by atoms with E-state index in [1.807, 2.05) is 13.8 Å². The molecule has 5 nitrogen and oxygen atoms in total. The van der Waals surface area contributed by atoms with E-state index in [1.54, 1.807) is 13.0 Å². The van der Waals surface area contributed by atoms with Crippen LogP contribution in [0.5, 0.6) is 0 Å². The minimum absolute atomic E-state index is 0.0701. The van der Waals surface area contributed by atoms with E-state index in [2.05, 4.69) is 15.8 Å². The van der Waals surface area contributed by atoms with Crippen LogP contribution in [0, 0.1) is 6.92 Å². The first-order valence-electron chi connectivity index (χ1n) is 5.04. The van der Waals surface area contributed by atoms with E-state index < -0.39 is 0 Å². The summed E-state index contributed by atoms with van der Waals surface area (Å²) in [7, 11) is 0. The maximum atomic E-state index is 11.4. The Hall–Kier alpha value is -1.36. The summed E-state index contributed by atoms with van der Waals surface area (Å²) < 4.78 is 4.86. The SMILES string of the molecule is Cc1cc(NC(=O)CCNC(C)C)on1. The molecule has 1 rings (SSSR count). The first-order valence-corrected chi connectivity index (χ1v) is 5.04. The van der Waals surface area contributed by atoms with Gasteiger partial charge in [0, 0.05) is 25.1 Å². The van der Waals surface area contributed by atoms with Crippen LogP contribution < -0.4 is 10.6 Å². The molecule has 0 aliphatic heterocycles. The highest BCUT2D eigenvalue weighted by molar-refractivity contribution is 5.89. The summed E-state index contributed by atoms with van der Waals surface area (Å²) in [5, 5.41) is 9.46. The van der Waals surface area contributed by atoms with Crippen molar-refractivity contribution in [1.82, 2.24) is 10.5 Å². The highest BCUT2D eigenvalue weighted by atomic mass is 16.5. The van der Waals surface area contributed by atoms with Crippen LogP contribution in [-0.4, -0.2) is 23.7 Å². The van der Waals surface area contributed by atoms with E-state index in [4.69, 9.17) is 4.52 Å². The van der Waals surface area contributed by atoms with Crippen molar-refractivity contribution in [3.05, 3.63) is 11.8 Å². The lowest BCUT2D eigenvalue weighted by Crippen LogP contribution is -2.27. The summed E-state index contributed by atoms with van der Waals surface area (Å²) >= 11 is 0. The van der Waals surface area contributed by atoms with E-state index in [0.717, 1.165) is 5.69 Å². The zero-order valence-electron chi connectivity index (χ0n) is 9.33. The summed E-state index contributed by atoms with van der Waals surface area (Å²) in [6, 6.07) is 2.08. The monoisotopic (exact) mass is 211 g/mol. The van der Waals surface area contributed by atoms with Crippen molar-refractivity contribution in [2.45, 2.75) is 33.2 Å². The fraction of sp³-hybridized carbons (Fsp3) is 0.600. The molecule has 0 saturated carbocycles. The fourth-order valence-electron chi connectivity index (χ4n) is 1.10. The van der Waals surface area contributed by atoms with Crippen molar-refractivity contribution in [3.8, 4) is 0 Å². The molecular weight excluding hydrogens is 194 g/mol. The van der Waals surface area contributed by atoms with Crippen molar-refractivity contribution in [2.75, 3.05) is 11.9 Å². The number of nitrogens with zero attached hydrogens (tertiary/aromatic N) is 1. The normalized spacial score (nSPS) is 10.7. The smallest absolute Gasteiger partial charge is 0.231 e. The predicted octanol–water partition coefficient (Wildman–Crippen LogP) is 1.31. The molecule has 1 heterocycles. The Bertz CT molecular complexity index is 320. The van der Waals surface area contributed by atoms with Crippen LogP contribution in [0.2, 0.25) is 0 Å². The third-order valence-electron chi connectivity index (χ3n) is 1.80. The molecule has 0 aromatic carbocycles. The van der Waals surface area contributed by atoms with Crippen LogP contribution in [0.3, 0.4) is 0 Å². The van der Waals surface area contributed by atoms with Gasteiger partial charge in [-0.25, -0.2) is 0 Å². The number of hydrogen-bond acceptors (Lipinski definition) is 4. The molecule has 0 radical (unpaired) electrons. The lowest BCUT2D eigenvalue weighted by molar-refractivity contribution is -0.116. The second kappa shape index (κ2) is 5.50. The van der Waals surface area contributed by atoms with Gasteiger partial charge in [-0.05, 0) is 6.92 Å². The molecule has 2 N–H and O–H groups in total. The lowest BCUT2D eigenvalue weighted by Gasteiger charge is -2.06. The zero-order chi connectivity index (χ0) is 11.3. The number of hydrogen-bond donors (Lipinski definition) is 2. The first kappa shape index (κ1) is 11.7. The highest BCUT2D eigenvalue weighted by Crippen LogP contribution is 2.08. The summed E-state index contributed by atoms with van der Waals surface area (Å²) in [5.74, 6) is 0.335. The van der Waals surface area contributed by atoms with Gasteiger partial charge in [0.25, 0.3) is 0 Å². The molecular formula is C10H17N3O2. The van der Waals surface area contributed by atoms with Crippen molar-refractivity contribution in [3.63, 3.8) is 0 Å². The minimum atomic E-state index is -0.0701. The third kappa shape index (κ3) is 4.60. The molecule has 0 spiro atoms. The standard InChI is InChI=1S/C10H17N3O2/c1-7(2)11-5-4-9(14)12-10-6-8(3)13-15-10/h6-7,11H,4-5H2,1-3H3,(H,12,14). The number of nitrogens with one attached hydrogen (secondary N) is 2. The summed E-state index contributed by atoms with van der Waals surface area (Å²) in [6.45, 7) is 6.55. The predicted molar refractivity (Wildman–Crippen MR) is 57.6 cm³/mol. The minimum Gasteiger partial charge on any atom is -0.338 e. The molecule has 0 saturated heterocycles. The van der Waals surface area contributed by atoms with E-state index in [9.17, 15) is 4.79 Å². The topological polar surface area (TPSA) is 67.2 Å². The summed E-state index contributed by atoms with van der Waals surface area (Å²) in [4.78, 5) is 11.4. The number of carbonyl (C=O) groups excluding carboxylic acids is 1. The van der Waals surface area contributed by atoms with Gasteiger partial charge in [-0.2, -0.15) is 0 Å². The average Bonchev–Trinajstić information content (AvgIpc) is 2.50. The molecule has 0 aliphatic rings. The third-order valence-corrected chi connectivity index (χ3v) is 1.80. The van der Waals surface area contributed by atoms with Gasteiger partial charge in [0.05, 0.1) is 5.69 Å². The van der Waals surface area contributed by atoms with Gasteiger partial charge in [0.15, 0.2) is 0 Å². The molecule has 0 bridgehead atoms. The van der Waals surface area contributed by atoms with Crippen molar-refractivity contribution in [2.24, 2.45) is 0 Å². The van der Waals surface area contributed by atoms with Crippen LogP contribution in [0.1, 0.15) is 26.0 Å². The van der Waals surface area contributed by atoms with Crippen LogP contribution in [0.25, 0.3) is 0 Å². The van der Waals surface area contributed by atoms with E-state index in [0.29, 0.717) is 24.9 Å². The summed E-state index contributed by atoms with van der Waals surface area (Å²) in [6.07, 6.45) is 0.428. The number of anilines is 1. The van der Waals surface area contributed by atoms with Crippen LogP contribution in [-0.2, 0) is 4.79 Å². The second-order valence-electron chi connectivity index (χ2n) is 3.74. The summed E-state index contributed by atoms with van der Waals surface area (Å²) in [5.41, 5.74) is 0.755. The van der Waals surface area contributed by atoms with Crippen LogP contribution in [0.15, 0.2) is 10.6 Å². The maximum Gasteiger partial charge on any atom is 0.231 e. The van der Waals surface area contributed by atoms with E-state index in [-0.39, 0.29) is 5.91 Å². The molecule has 5 heteroatoms. The van der Waals surface area contributed by atoms with Crippen LogP contribution in [0.4, 0.5) is 5.88 Å². The van der Waals surface area contributed by atoms with Gasteiger partial charge in [-0.3, -0.25) is 10.1 Å². The molecule has 0 atom stereocenters. The van der Waals surface area contributed by atoms with Gasteiger partial charge < -0.3 is 9.84 Å². The van der Waals surface area contributed by atoms with Gasteiger partial charge in [-0.15, -0.1) is 0 Å². The Morgan fingerprint density at radius 1 is 1.60 bits per heavy atom. The Kier molecular flexibility index (Phi) is 4.30. The molecule has 1 aromatic rings. The van der Waals surface area contributed by atoms with Crippen molar-refractivity contribution >= 4 is 11.8 Å². The van der Waals surface area contributed by atoms with Gasteiger partial charge in [0.1, 0.15) is 0 Å². The Morgan fingerprint density at radius 3 is 2.87 bits per heavy atom. The number of aryl methyl sites for hydroxylation is 1. The molecule has 1 aromatic heterocycles. The Balaban J connectivity index is 2.24. The van der Waals surface area contributed by atoms with Crippen molar-refractivity contribution < 1.29 is 9.32 Å². The van der Waals surface area contributed by atoms with E-state index in [1.165, 1.54) is 0 Å². The highest BCUT2D eigenvalue weighted by Gasteiger charge is 2.05. The van der Waals surface area contributed by atoms with Crippen LogP contribution >= 0.6 is 0 Å². The largest absolute Gasteiger partial charge is 0.338 e. The molecule has 15 heavy (non-hydrogen) atoms. The number of carbonyl (C=O) groups is 1. The molecule has 84 valence electrons. The maximum absolute atomic E-state index is 11.4. The average molecular weight is 211 g/mol. The molecule has 0 fully saturated rings. The van der Waals surface area contributed by atoms with Gasteiger partial charge in [0.2, 0.25) is 11.8 Å². The lowest BCUT2D eigenvalue weighted by atomic mass is 10.3. The Morgan fingerprint density at radius 2 is 2.33 bits per heavy atom. The van der Waals surface area contributed by atoms with Gasteiger partial charge in [-0.1, -0.05) is 19.0 Å². The Labute approximate surface area is 89.2 Å². The van der Waals surface area contributed by atoms with Crippen molar-refractivity contribution in [1.29, 1.82) is 0 Å². The van der Waals surface area contributed by atoms with Gasteiger partial charge >= 0.3 is 0 Å². The zero-order valence-corrected chi connectivity index (χ0v) is 9.33. The quantitative estimate of drug-likeness (QED) is 0.770. The van der Waals surface area contributed by atoms with E-state index >= 15 is 0 Å². The molecule has 0 unspecified atom stereocenters.